The molecule has 0 heterocycles. The number of hydrogen-bond acceptors (Lipinski definition) is 4. The van der Waals surface area contributed by atoms with Gasteiger partial charge in [-0.1, -0.05) is 0 Å². The van der Waals surface area contributed by atoms with Gasteiger partial charge in [-0.05, 0) is 12.1 Å². The second-order valence-electron chi connectivity index (χ2n) is 3.44. The zero-order chi connectivity index (χ0) is 13.2. The fourth-order valence-corrected chi connectivity index (χ4v) is 1.31. The number of rotatable bonds is 3. The topological polar surface area (TPSA) is 75.7 Å². The maximum atomic E-state index is 12.2. The molecule has 18 heavy (non-hydrogen) atoms. The zero-order valence-corrected chi connectivity index (χ0v) is 10.1. The monoisotopic (exact) mass is 287 g/mol. The molecule has 4 nitrogen and oxygen atoms in total. The van der Waals surface area contributed by atoms with Crippen LogP contribution in [0, 0.1) is 0 Å². The number of benzene rings is 1. The van der Waals surface area contributed by atoms with E-state index in [9.17, 15) is 18.3 Å². The van der Waals surface area contributed by atoms with Crippen molar-refractivity contribution in [1.82, 2.24) is 0 Å². The molecule has 8 heteroatoms. The van der Waals surface area contributed by atoms with Gasteiger partial charge in [0.1, 0.15) is 11.5 Å². The number of alkyl halides is 3. The third-order valence-corrected chi connectivity index (χ3v) is 2.27. The Morgan fingerprint density at radius 3 is 2.28 bits per heavy atom. The van der Waals surface area contributed by atoms with Crippen LogP contribution in [-0.2, 0) is 0 Å². The Morgan fingerprint density at radius 2 is 1.89 bits per heavy atom. The Morgan fingerprint density at radius 1 is 1.33 bits per heavy atom. The number of methoxy groups -OCH3 is 1. The van der Waals surface area contributed by atoms with Gasteiger partial charge in [0.05, 0.1) is 13.2 Å². The van der Waals surface area contributed by atoms with Crippen LogP contribution >= 0.6 is 12.4 Å². The molecule has 0 radical (unpaired) electrons. The summed E-state index contributed by atoms with van der Waals surface area (Å²) in [6.45, 7) is 0. The zero-order valence-electron chi connectivity index (χ0n) is 9.31. The Bertz CT molecular complexity index is 400. The van der Waals surface area contributed by atoms with Crippen molar-refractivity contribution < 1.29 is 28.1 Å². The molecule has 0 saturated heterocycles. The summed E-state index contributed by atoms with van der Waals surface area (Å²) in [5, 5.41) is 18.4. The molecule has 0 aromatic heterocycles. The standard InChI is InChI=1S/C10H12F3NO3.ClH/c1-17-5-2-3-6(7(15)4-5)8(14)9(16)10(11,12)13;/h2-4,8-9,15-16H,14H2,1H3;1H/t8-,9-;/m1./s1. The van der Waals surface area contributed by atoms with Crippen molar-refractivity contribution in [2.75, 3.05) is 7.11 Å². The molecular formula is C10H13ClF3NO3. The van der Waals surface area contributed by atoms with Gasteiger partial charge in [0.25, 0.3) is 0 Å². The minimum atomic E-state index is -4.84. The van der Waals surface area contributed by atoms with E-state index in [2.05, 4.69) is 0 Å². The number of phenolic OH excluding ortho intramolecular Hbond substituents is 1. The van der Waals surface area contributed by atoms with E-state index in [1.165, 1.54) is 19.2 Å². The van der Waals surface area contributed by atoms with Gasteiger partial charge in [0.15, 0.2) is 6.10 Å². The molecule has 1 aromatic rings. The van der Waals surface area contributed by atoms with Crippen molar-refractivity contribution >= 4 is 12.4 Å². The quantitative estimate of drug-likeness (QED) is 0.791. The van der Waals surface area contributed by atoms with E-state index in [-0.39, 0.29) is 23.7 Å². The van der Waals surface area contributed by atoms with Crippen LogP contribution in [0.2, 0.25) is 0 Å². The summed E-state index contributed by atoms with van der Waals surface area (Å²) >= 11 is 0. The average molecular weight is 288 g/mol. The van der Waals surface area contributed by atoms with E-state index in [4.69, 9.17) is 15.6 Å². The lowest BCUT2D eigenvalue weighted by Crippen LogP contribution is -2.38. The maximum absolute atomic E-state index is 12.2. The molecule has 0 amide bonds. The van der Waals surface area contributed by atoms with E-state index in [1.807, 2.05) is 0 Å². The smallest absolute Gasteiger partial charge is 0.416 e. The normalized spacial score (nSPS) is 14.6. The Hall–Kier alpha value is -1.18. The SMILES string of the molecule is COc1ccc([C@@H](N)[C@@H](O)C(F)(F)F)c(O)c1.Cl. The lowest BCUT2D eigenvalue weighted by molar-refractivity contribution is -0.210. The van der Waals surface area contributed by atoms with Gasteiger partial charge in [-0.2, -0.15) is 13.2 Å². The van der Waals surface area contributed by atoms with Crippen molar-refractivity contribution in [1.29, 1.82) is 0 Å². The third kappa shape index (κ3) is 3.66. The third-order valence-electron chi connectivity index (χ3n) is 2.27. The number of halogens is 4. The van der Waals surface area contributed by atoms with Crippen LogP contribution in [0.1, 0.15) is 11.6 Å². The van der Waals surface area contributed by atoms with Gasteiger partial charge < -0.3 is 20.7 Å². The molecule has 2 atom stereocenters. The fraction of sp³-hybridized carbons (Fsp3) is 0.400. The summed E-state index contributed by atoms with van der Waals surface area (Å²) in [5.74, 6) is -0.180. The van der Waals surface area contributed by atoms with Crippen molar-refractivity contribution in [3.8, 4) is 11.5 Å². The number of aliphatic hydroxyl groups excluding tert-OH is 1. The summed E-state index contributed by atoms with van der Waals surface area (Å²) in [5.41, 5.74) is 5.05. The first-order chi connectivity index (χ1) is 7.77. The Labute approximate surface area is 108 Å². The summed E-state index contributed by atoms with van der Waals surface area (Å²) in [6.07, 6.45) is -7.58. The Kier molecular flexibility index (Phi) is 5.72. The first kappa shape index (κ1) is 16.8. The van der Waals surface area contributed by atoms with E-state index in [1.54, 1.807) is 0 Å². The molecule has 104 valence electrons. The Balaban J connectivity index is 0.00000289. The predicted octanol–water partition coefficient (Wildman–Crippen LogP) is 1.75. The van der Waals surface area contributed by atoms with E-state index in [0.29, 0.717) is 0 Å². The largest absolute Gasteiger partial charge is 0.507 e. The second-order valence-corrected chi connectivity index (χ2v) is 3.44. The van der Waals surface area contributed by atoms with E-state index >= 15 is 0 Å². The lowest BCUT2D eigenvalue weighted by Gasteiger charge is -2.22. The highest BCUT2D eigenvalue weighted by molar-refractivity contribution is 5.85. The molecule has 0 aliphatic carbocycles. The van der Waals surface area contributed by atoms with Gasteiger partial charge in [-0.15, -0.1) is 12.4 Å². The van der Waals surface area contributed by atoms with Crippen LogP contribution in [0.4, 0.5) is 13.2 Å². The average Bonchev–Trinajstić information content (AvgIpc) is 2.25. The summed E-state index contributed by atoms with van der Waals surface area (Å²) < 4.78 is 41.5. The number of aromatic hydroxyl groups is 1. The van der Waals surface area contributed by atoms with Gasteiger partial charge in [-0.25, -0.2) is 0 Å². The molecule has 0 fully saturated rings. The van der Waals surface area contributed by atoms with Crippen molar-refractivity contribution in [2.24, 2.45) is 5.73 Å². The van der Waals surface area contributed by atoms with Crippen LogP contribution in [0.25, 0.3) is 0 Å². The van der Waals surface area contributed by atoms with Crippen LogP contribution < -0.4 is 10.5 Å². The first-order valence-corrected chi connectivity index (χ1v) is 4.64. The highest BCUT2D eigenvalue weighted by Crippen LogP contribution is 2.34. The first-order valence-electron chi connectivity index (χ1n) is 4.64. The highest BCUT2D eigenvalue weighted by Gasteiger charge is 2.43. The van der Waals surface area contributed by atoms with Gasteiger partial charge in [-0.3, -0.25) is 0 Å². The number of nitrogens with two attached hydrogens (primary N) is 1. The summed E-state index contributed by atoms with van der Waals surface area (Å²) in [7, 11) is 1.35. The maximum Gasteiger partial charge on any atom is 0.416 e. The highest BCUT2D eigenvalue weighted by atomic mass is 35.5. The minimum absolute atomic E-state index is 0. The molecular weight excluding hydrogens is 275 g/mol. The van der Waals surface area contributed by atoms with Crippen molar-refractivity contribution in [3.05, 3.63) is 23.8 Å². The number of ether oxygens (including phenoxy) is 1. The van der Waals surface area contributed by atoms with Crippen LogP contribution in [0.3, 0.4) is 0 Å². The van der Waals surface area contributed by atoms with E-state index < -0.39 is 24.1 Å². The number of hydrogen-bond donors (Lipinski definition) is 3. The summed E-state index contributed by atoms with van der Waals surface area (Å²) in [6, 6.07) is 1.89. The molecule has 1 aromatic carbocycles. The van der Waals surface area contributed by atoms with Crippen LogP contribution in [0.5, 0.6) is 11.5 Å². The van der Waals surface area contributed by atoms with Crippen LogP contribution in [-0.4, -0.2) is 29.6 Å². The van der Waals surface area contributed by atoms with Gasteiger partial charge in [0, 0.05) is 11.6 Å². The minimum Gasteiger partial charge on any atom is -0.507 e. The molecule has 1 rings (SSSR count). The van der Waals surface area contributed by atoms with Crippen LogP contribution in [0.15, 0.2) is 18.2 Å². The molecule has 0 spiro atoms. The fourth-order valence-electron chi connectivity index (χ4n) is 1.31. The molecule has 0 saturated carbocycles. The van der Waals surface area contributed by atoms with Crippen molar-refractivity contribution in [2.45, 2.75) is 18.3 Å². The summed E-state index contributed by atoms with van der Waals surface area (Å²) in [4.78, 5) is 0. The molecule has 0 bridgehead atoms. The number of phenols is 1. The predicted molar refractivity (Wildman–Crippen MR) is 60.9 cm³/mol. The van der Waals surface area contributed by atoms with E-state index in [0.717, 1.165) is 6.07 Å². The molecule has 0 aliphatic heterocycles. The molecule has 0 aliphatic rings. The second kappa shape index (κ2) is 6.12. The van der Waals surface area contributed by atoms with Gasteiger partial charge in [0.2, 0.25) is 0 Å². The van der Waals surface area contributed by atoms with Crippen molar-refractivity contribution in [3.63, 3.8) is 0 Å². The van der Waals surface area contributed by atoms with Gasteiger partial charge >= 0.3 is 6.18 Å². The molecule has 4 N–H and O–H groups in total. The number of aliphatic hydroxyl groups is 1. The lowest BCUT2D eigenvalue weighted by atomic mass is 10.0. The molecule has 0 unspecified atom stereocenters.